The van der Waals surface area contributed by atoms with Crippen LogP contribution in [0.5, 0.6) is 0 Å². The first-order valence-corrected chi connectivity index (χ1v) is 10.4. The third-order valence-corrected chi connectivity index (χ3v) is 5.93. The lowest BCUT2D eigenvalue weighted by Crippen LogP contribution is -2.35. The van der Waals surface area contributed by atoms with Gasteiger partial charge in [-0.15, -0.1) is 0 Å². The van der Waals surface area contributed by atoms with Gasteiger partial charge in [0.25, 0.3) is 11.7 Å². The Bertz CT molecular complexity index is 1280. The molecule has 162 valence electrons. The van der Waals surface area contributed by atoms with Crippen molar-refractivity contribution < 1.29 is 23.6 Å². The highest BCUT2D eigenvalue weighted by Gasteiger charge is 2.30. The van der Waals surface area contributed by atoms with Crippen LogP contribution in [0.2, 0.25) is 5.15 Å². The molecule has 0 spiro atoms. The number of hydrogen-bond donors (Lipinski definition) is 1. The van der Waals surface area contributed by atoms with Gasteiger partial charge in [0.15, 0.2) is 10.3 Å². The van der Waals surface area contributed by atoms with Crippen molar-refractivity contribution in [1.82, 2.24) is 15.1 Å². The Labute approximate surface area is 189 Å². The second-order valence-corrected chi connectivity index (χ2v) is 7.93. The molecule has 2 aromatic heterocycles. The van der Waals surface area contributed by atoms with E-state index >= 15 is 0 Å². The van der Waals surface area contributed by atoms with Crippen molar-refractivity contribution in [1.29, 1.82) is 0 Å². The van der Waals surface area contributed by atoms with Crippen molar-refractivity contribution in [2.75, 3.05) is 4.90 Å². The van der Waals surface area contributed by atoms with Crippen LogP contribution in [0.3, 0.4) is 0 Å². The van der Waals surface area contributed by atoms with Gasteiger partial charge < -0.3 is 14.5 Å². The minimum Gasteiger partial charge on any atom is -0.480 e. The van der Waals surface area contributed by atoms with Gasteiger partial charge in [-0.05, 0) is 31.2 Å². The Kier molecular flexibility index (Phi) is 5.97. The van der Waals surface area contributed by atoms with Crippen LogP contribution in [0, 0.1) is 5.82 Å². The molecule has 0 fully saturated rings. The molecule has 0 aliphatic heterocycles. The van der Waals surface area contributed by atoms with Crippen molar-refractivity contribution in [2.45, 2.75) is 13.0 Å². The summed E-state index contributed by atoms with van der Waals surface area (Å²) < 4.78 is 18.5. The summed E-state index contributed by atoms with van der Waals surface area (Å²) in [5, 5.41) is 13.4. The average Bonchev–Trinajstić information content (AvgIpc) is 3.43. The predicted molar refractivity (Wildman–Crippen MR) is 116 cm³/mol. The van der Waals surface area contributed by atoms with Gasteiger partial charge in [0.2, 0.25) is 5.82 Å². The monoisotopic (exact) mass is 472 g/mol. The van der Waals surface area contributed by atoms with Crippen molar-refractivity contribution in [3.05, 3.63) is 76.3 Å². The zero-order chi connectivity index (χ0) is 22.8. The van der Waals surface area contributed by atoms with Crippen molar-refractivity contribution in [3.8, 4) is 11.4 Å². The number of benzene rings is 2. The van der Waals surface area contributed by atoms with E-state index in [-0.39, 0.29) is 26.9 Å². The number of carbonyl (C=O) groups is 2. The number of thiazole rings is 1. The summed E-state index contributed by atoms with van der Waals surface area (Å²) in [6.45, 7) is 1.44. The fourth-order valence-corrected chi connectivity index (χ4v) is 4.19. The molecule has 1 N–H and O–H groups in total. The maximum absolute atomic E-state index is 13.4. The molecule has 0 aliphatic carbocycles. The number of aliphatic carboxylic acids is 1. The molecule has 0 bridgehead atoms. The molecule has 0 aliphatic rings. The second-order valence-electron chi connectivity index (χ2n) is 6.60. The summed E-state index contributed by atoms with van der Waals surface area (Å²) in [5.41, 5.74) is 1.04. The number of ketones is 1. The molecule has 4 rings (SSSR count). The molecule has 4 aromatic rings. The van der Waals surface area contributed by atoms with Gasteiger partial charge in [0.1, 0.15) is 16.7 Å². The van der Waals surface area contributed by atoms with E-state index in [1.165, 1.54) is 36.1 Å². The first kappa shape index (κ1) is 21.6. The van der Waals surface area contributed by atoms with Crippen molar-refractivity contribution >= 4 is 45.5 Å². The highest BCUT2D eigenvalue weighted by atomic mass is 35.5. The number of anilines is 2. The fraction of sp³-hybridized carbons (Fsp3) is 0.0952. The topological polar surface area (TPSA) is 109 Å². The molecule has 0 saturated carbocycles. The van der Waals surface area contributed by atoms with E-state index in [9.17, 15) is 19.1 Å². The number of halogens is 2. The smallest absolute Gasteiger partial charge is 0.326 e. The number of nitrogens with zero attached hydrogens (tertiary/aromatic N) is 4. The molecule has 0 unspecified atom stereocenters. The minimum absolute atomic E-state index is 0.00892. The number of carbonyl (C=O) groups excluding carboxylic acids is 1. The van der Waals surface area contributed by atoms with Crippen LogP contribution in [0.15, 0.2) is 59.1 Å². The van der Waals surface area contributed by atoms with E-state index in [0.717, 1.165) is 11.3 Å². The van der Waals surface area contributed by atoms with Crippen molar-refractivity contribution in [3.63, 3.8) is 0 Å². The highest BCUT2D eigenvalue weighted by Crippen LogP contribution is 2.36. The Morgan fingerprint density at radius 3 is 2.47 bits per heavy atom. The molecule has 2 aromatic carbocycles. The number of aromatic nitrogens is 3. The maximum Gasteiger partial charge on any atom is 0.326 e. The van der Waals surface area contributed by atoms with Crippen molar-refractivity contribution in [2.24, 2.45) is 0 Å². The van der Waals surface area contributed by atoms with Crippen LogP contribution >= 0.6 is 22.9 Å². The van der Waals surface area contributed by atoms with Crippen LogP contribution in [-0.2, 0) is 4.79 Å². The molecule has 2 heterocycles. The second kappa shape index (κ2) is 8.85. The molecule has 11 heteroatoms. The lowest BCUT2D eigenvalue weighted by atomic mass is 10.2. The SMILES string of the molecule is C[C@@H](C(=O)O)N(c1ccc(F)cc1)c1nc(Cl)c(C(=O)c2nc(-c3ccccc3)no2)s1. The third-order valence-electron chi connectivity index (χ3n) is 4.49. The first-order chi connectivity index (χ1) is 15.3. The number of carboxylic acid groups (broad SMARTS) is 1. The summed E-state index contributed by atoms with van der Waals surface area (Å²) in [4.78, 5) is 34.3. The predicted octanol–water partition coefficient (Wildman–Crippen LogP) is 4.83. The lowest BCUT2D eigenvalue weighted by molar-refractivity contribution is -0.138. The first-order valence-electron chi connectivity index (χ1n) is 9.23. The molecule has 0 saturated heterocycles. The molecule has 0 radical (unpaired) electrons. The van der Waals surface area contributed by atoms with E-state index in [2.05, 4.69) is 15.1 Å². The van der Waals surface area contributed by atoms with Gasteiger partial charge in [-0.2, -0.15) is 4.98 Å². The highest BCUT2D eigenvalue weighted by molar-refractivity contribution is 7.18. The third kappa shape index (κ3) is 4.23. The quantitative estimate of drug-likeness (QED) is 0.381. The van der Waals surface area contributed by atoms with Crippen LogP contribution in [-0.4, -0.2) is 38.0 Å². The molecule has 32 heavy (non-hydrogen) atoms. The zero-order valence-electron chi connectivity index (χ0n) is 16.4. The normalized spacial score (nSPS) is 11.8. The average molecular weight is 473 g/mol. The zero-order valence-corrected chi connectivity index (χ0v) is 18.0. The lowest BCUT2D eigenvalue weighted by Gasteiger charge is -2.25. The van der Waals surface area contributed by atoms with Gasteiger partial charge >= 0.3 is 5.97 Å². The van der Waals surface area contributed by atoms with Gasteiger partial charge in [-0.3, -0.25) is 4.79 Å². The van der Waals surface area contributed by atoms with E-state index in [1.54, 1.807) is 24.3 Å². The van der Waals surface area contributed by atoms with Gasteiger partial charge in [0.05, 0.1) is 0 Å². The summed E-state index contributed by atoms with van der Waals surface area (Å²) in [6.07, 6.45) is 0. The minimum atomic E-state index is -1.14. The molecule has 0 amide bonds. The summed E-state index contributed by atoms with van der Waals surface area (Å²) in [7, 11) is 0. The maximum atomic E-state index is 13.4. The molecule has 8 nitrogen and oxygen atoms in total. The Hall–Kier alpha value is -3.63. The number of hydrogen-bond acceptors (Lipinski definition) is 8. The van der Waals surface area contributed by atoms with Gasteiger partial charge in [-0.1, -0.05) is 58.4 Å². The van der Waals surface area contributed by atoms with Crippen LogP contribution in [0.25, 0.3) is 11.4 Å². The van der Waals surface area contributed by atoms with E-state index < -0.39 is 23.6 Å². The largest absolute Gasteiger partial charge is 0.480 e. The van der Waals surface area contributed by atoms with E-state index in [1.807, 2.05) is 6.07 Å². The van der Waals surface area contributed by atoms with E-state index in [4.69, 9.17) is 16.1 Å². The summed E-state index contributed by atoms with van der Waals surface area (Å²) in [6, 6.07) is 13.1. The number of carboxylic acids is 1. The van der Waals surface area contributed by atoms with Crippen LogP contribution < -0.4 is 4.90 Å². The fourth-order valence-electron chi connectivity index (χ4n) is 2.86. The Morgan fingerprint density at radius 2 is 1.81 bits per heavy atom. The summed E-state index contributed by atoms with van der Waals surface area (Å²) >= 11 is 7.08. The van der Waals surface area contributed by atoms with E-state index in [0.29, 0.717) is 11.3 Å². The molecular weight excluding hydrogens is 459 g/mol. The van der Waals surface area contributed by atoms with Gasteiger partial charge in [0, 0.05) is 11.3 Å². The number of rotatable bonds is 7. The van der Waals surface area contributed by atoms with Crippen LogP contribution in [0.4, 0.5) is 15.2 Å². The van der Waals surface area contributed by atoms with Crippen LogP contribution in [0.1, 0.15) is 22.5 Å². The molecule has 1 atom stereocenters. The molecular formula is C21H14ClFN4O4S. The Morgan fingerprint density at radius 1 is 1.12 bits per heavy atom. The summed E-state index contributed by atoms with van der Waals surface area (Å²) in [5.74, 6) is -2.30. The standard InChI is InChI=1S/C21H14ClFN4O4S/c1-11(20(29)30)27(14-9-7-13(23)8-10-14)21-24-17(22)16(32-21)15(28)19-25-18(26-31-19)12-5-3-2-4-6-12/h2-11H,1H3,(H,29,30)/t11-/m0/s1. The van der Waals surface area contributed by atoms with Gasteiger partial charge in [-0.25, -0.2) is 14.2 Å². The Balaban J connectivity index is 1.69.